The monoisotopic (exact) mass is 1380 g/mol. The molecule has 1 N–H and O–H groups in total. The number of aryl methyl sites for hydroxylation is 4. The number of amides is 4. The van der Waals surface area contributed by atoms with Crippen LogP contribution in [0.3, 0.4) is 0 Å². The highest BCUT2D eigenvalue weighted by atomic mass is 35.5. The van der Waals surface area contributed by atoms with Crippen molar-refractivity contribution in [3.63, 3.8) is 0 Å². The molecule has 5 aromatic carbocycles. The third-order valence-electron chi connectivity index (χ3n) is 16.1. The molecule has 0 bridgehead atoms. The largest absolute Gasteiger partial charge is 0.507 e. The number of phenolic OH excluding ortho intramolecular Hbond substituents is 1. The van der Waals surface area contributed by atoms with Gasteiger partial charge in [0.25, 0.3) is 23.6 Å². The van der Waals surface area contributed by atoms with E-state index in [-0.39, 0.29) is 97.3 Å². The van der Waals surface area contributed by atoms with E-state index in [1.54, 1.807) is 81.5 Å². The molecule has 9 rings (SSSR count). The van der Waals surface area contributed by atoms with Crippen LogP contribution in [0.2, 0.25) is 5.02 Å². The SMILES string of the molecule is CCn1nccc1N(C(=O)COc1cccc(C)c1C=O)C(C)C.COc1ncccc1N(C(=O)COc1cccc(O)c1C=O)C(C)C.Cc1cccc(OCC(=O)N(C2CCOCC2)C2CCOCC2)c1C=O.Cc1cccc(OCC(=O)N(c2ccccc2Cl)C(C)C)c1C=O. The van der Waals surface area contributed by atoms with E-state index in [1.807, 2.05) is 117 Å². The Hall–Kier alpha value is -9.97. The highest BCUT2D eigenvalue weighted by molar-refractivity contribution is 6.33. The summed E-state index contributed by atoms with van der Waals surface area (Å²) in [5.41, 5.74) is 5.08. The fraction of sp³-hybridized carbons (Fsp3) is 0.387. The van der Waals surface area contributed by atoms with Crippen LogP contribution in [0.1, 0.15) is 132 Å². The Labute approximate surface area is 583 Å². The van der Waals surface area contributed by atoms with Crippen molar-refractivity contribution in [3.05, 3.63) is 172 Å². The van der Waals surface area contributed by atoms with Crippen LogP contribution in [0.25, 0.3) is 0 Å². The normalized spacial score (nSPS) is 12.8. The number of benzene rings is 5. The summed E-state index contributed by atoms with van der Waals surface area (Å²) in [6.45, 7) is 21.6. The van der Waals surface area contributed by atoms with Crippen LogP contribution in [0, 0.1) is 20.8 Å². The average molecular weight is 1380 g/mol. The Morgan fingerprint density at radius 1 is 0.525 bits per heavy atom. The summed E-state index contributed by atoms with van der Waals surface area (Å²) in [5.74, 6) is 1.54. The van der Waals surface area contributed by atoms with Gasteiger partial charge < -0.3 is 53.0 Å². The van der Waals surface area contributed by atoms with Crippen LogP contribution in [-0.4, -0.2) is 164 Å². The fourth-order valence-electron chi connectivity index (χ4n) is 11.3. The number of methoxy groups -OCH3 is 1. The number of halogens is 1. The molecule has 2 fully saturated rings. The molecule has 0 saturated carbocycles. The number of rotatable bonds is 26. The molecule has 4 heterocycles. The van der Waals surface area contributed by atoms with Crippen LogP contribution >= 0.6 is 11.6 Å². The zero-order valence-corrected chi connectivity index (χ0v) is 58.8. The zero-order valence-electron chi connectivity index (χ0n) is 58.1. The predicted octanol–water partition coefficient (Wildman–Crippen LogP) is 11.9. The van der Waals surface area contributed by atoms with Crippen LogP contribution in [0.5, 0.6) is 34.6 Å². The minimum absolute atomic E-state index is 0.00496. The summed E-state index contributed by atoms with van der Waals surface area (Å²) in [4.78, 5) is 107. The van der Waals surface area contributed by atoms with Crippen molar-refractivity contribution >= 4 is 77.6 Å². The molecular formula is C75H90ClN7O16. The molecule has 99 heavy (non-hydrogen) atoms. The number of para-hydroxylation sites is 1. The number of anilines is 3. The van der Waals surface area contributed by atoms with E-state index in [1.165, 1.54) is 30.2 Å². The molecule has 24 heteroatoms. The summed E-state index contributed by atoms with van der Waals surface area (Å²) in [6, 6.07) is 33.0. The van der Waals surface area contributed by atoms with E-state index in [9.17, 15) is 43.5 Å². The number of aromatic hydroxyl groups is 1. The number of carbonyl (C=O) groups is 8. The van der Waals surface area contributed by atoms with Gasteiger partial charge in [-0.15, -0.1) is 0 Å². The van der Waals surface area contributed by atoms with Crippen LogP contribution in [0.4, 0.5) is 17.2 Å². The van der Waals surface area contributed by atoms with Gasteiger partial charge in [0.1, 0.15) is 40.3 Å². The summed E-state index contributed by atoms with van der Waals surface area (Å²) in [7, 11) is 1.48. The lowest BCUT2D eigenvalue weighted by molar-refractivity contribution is -0.143. The quantitative estimate of drug-likeness (QED) is 0.0494. The van der Waals surface area contributed by atoms with E-state index in [2.05, 4.69) is 10.1 Å². The molecule has 0 unspecified atom stereocenters. The van der Waals surface area contributed by atoms with Gasteiger partial charge in [-0.25, -0.2) is 9.67 Å². The highest BCUT2D eigenvalue weighted by Gasteiger charge is 2.34. The number of hydrogen-bond donors (Lipinski definition) is 1. The number of ether oxygens (including phenoxy) is 7. The topological polar surface area (TPSA) is 265 Å². The molecular weight excluding hydrogens is 1290 g/mol. The maximum Gasteiger partial charge on any atom is 0.266 e. The van der Waals surface area contributed by atoms with Crippen molar-refractivity contribution in [1.29, 1.82) is 0 Å². The molecule has 7 aromatic rings. The summed E-state index contributed by atoms with van der Waals surface area (Å²) in [5, 5.41) is 14.4. The first kappa shape index (κ1) is 78.0. The van der Waals surface area contributed by atoms with Crippen LogP contribution in [-0.2, 0) is 35.2 Å². The van der Waals surface area contributed by atoms with Gasteiger partial charge in [0.05, 0.1) is 46.3 Å². The lowest BCUT2D eigenvalue weighted by Crippen LogP contribution is -2.52. The minimum Gasteiger partial charge on any atom is -0.507 e. The van der Waals surface area contributed by atoms with Crippen LogP contribution < -0.4 is 38.4 Å². The zero-order chi connectivity index (χ0) is 72.1. The number of nitrogens with zero attached hydrogens (tertiary/aromatic N) is 7. The number of aldehydes is 4. The molecule has 4 amide bonds. The summed E-state index contributed by atoms with van der Waals surface area (Å²) in [6.07, 6.45) is 9.42. The molecule has 2 saturated heterocycles. The van der Waals surface area contributed by atoms with Gasteiger partial charge in [-0.3, -0.25) is 43.3 Å². The average Bonchev–Trinajstić information content (AvgIpc) is 1.64. The van der Waals surface area contributed by atoms with Gasteiger partial charge in [0, 0.05) is 75.4 Å². The van der Waals surface area contributed by atoms with E-state index in [4.69, 9.17) is 44.8 Å². The molecule has 0 spiro atoms. The van der Waals surface area contributed by atoms with E-state index in [0.717, 1.165) is 67.0 Å². The van der Waals surface area contributed by atoms with E-state index >= 15 is 0 Å². The van der Waals surface area contributed by atoms with Crippen molar-refractivity contribution in [1.82, 2.24) is 19.7 Å². The predicted molar refractivity (Wildman–Crippen MR) is 378 cm³/mol. The Kier molecular flexibility index (Phi) is 31.1. The smallest absolute Gasteiger partial charge is 0.266 e. The van der Waals surface area contributed by atoms with Crippen molar-refractivity contribution in [2.24, 2.45) is 0 Å². The molecule has 2 aromatic heterocycles. The molecule has 2 aliphatic rings. The third-order valence-corrected chi connectivity index (χ3v) is 16.5. The maximum atomic E-state index is 13.0. The standard InChI is InChI=1S/C20H27NO5.C19H20ClNO3.C18H23N3O3.C18H20N2O5/c1-15-3-2-4-19(18(15)13-22)26-14-20(23)21(16-5-9-24-10-6-16)17-7-11-25-12-8-17;1-13(2)21(17-9-5-4-8-16(17)20)19(23)12-24-18-10-6-7-14(3)15(18)11-22;1-5-20-17(9-10-19-20)21(13(2)3)18(23)12-24-16-8-6-7-14(4)15(16)11-22;1-12(2)20(14-6-5-9-19-18(14)24-3)17(23)11-25-16-8-4-7-15(22)13(16)10-21/h2-4,13,16-17H,5-12,14H2,1H3;4-11,13H,12H2,1-3H3;6-11,13H,5,12H2,1-4H3;4-10,12,22H,11H2,1-3H3. The fourth-order valence-corrected chi connectivity index (χ4v) is 11.5. The van der Waals surface area contributed by atoms with Gasteiger partial charge in [0.2, 0.25) is 5.88 Å². The number of hydrogen-bond acceptors (Lipinski definition) is 18. The number of phenols is 1. The lowest BCUT2D eigenvalue weighted by atomic mass is 10.00. The Morgan fingerprint density at radius 2 is 0.919 bits per heavy atom. The van der Waals surface area contributed by atoms with Gasteiger partial charge >= 0.3 is 0 Å². The summed E-state index contributed by atoms with van der Waals surface area (Å²) >= 11 is 6.21. The molecule has 528 valence electrons. The van der Waals surface area contributed by atoms with E-state index < -0.39 is 0 Å². The van der Waals surface area contributed by atoms with Crippen molar-refractivity contribution in [2.45, 2.75) is 132 Å². The first-order valence-corrected chi connectivity index (χ1v) is 33.1. The minimum atomic E-state index is -0.332. The lowest BCUT2D eigenvalue weighted by Gasteiger charge is -2.41. The van der Waals surface area contributed by atoms with Crippen LogP contribution in [0.15, 0.2) is 128 Å². The third kappa shape index (κ3) is 21.5. The van der Waals surface area contributed by atoms with Gasteiger partial charge in [-0.2, -0.15) is 5.10 Å². The Balaban J connectivity index is 0.000000208. The molecule has 0 atom stereocenters. The number of carbonyl (C=O) groups excluding carboxylic acids is 8. The second-order valence-electron chi connectivity index (χ2n) is 23.8. The molecule has 2 aliphatic heterocycles. The van der Waals surface area contributed by atoms with Gasteiger partial charge in [-0.05, 0) is 166 Å². The maximum absolute atomic E-state index is 13.0. The highest BCUT2D eigenvalue weighted by Crippen LogP contribution is 2.32. The van der Waals surface area contributed by atoms with Gasteiger partial charge in [-0.1, -0.05) is 66.2 Å². The molecule has 0 aliphatic carbocycles. The van der Waals surface area contributed by atoms with Gasteiger partial charge in [0.15, 0.2) is 51.6 Å². The Bertz CT molecular complexity index is 3810. The second-order valence-corrected chi connectivity index (χ2v) is 24.2. The first-order chi connectivity index (χ1) is 47.6. The Morgan fingerprint density at radius 3 is 1.33 bits per heavy atom. The van der Waals surface area contributed by atoms with Crippen molar-refractivity contribution in [2.75, 3.05) is 74.7 Å². The molecule has 23 nitrogen and oxygen atoms in total. The first-order valence-electron chi connectivity index (χ1n) is 32.8. The number of pyridine rings is 1. The second kappa shape index (κ2) is 39.4. The summed E-state index contributed by atoms with van der Waals surface area (Å²) < 4.78 is 40.3. The van der Waals surface area contributed by atoms with Crippen molar-refractivity contribution in [3.8, 4) is 34.6 Å². The number of aromatic nitrogens is 3. The molecule has 0 radical (unpaired) electrons. The van der Waals surface area contributed by atoms with Crippen molar-refractivity contribution < 1.29 is 76.6 Å². The van der Waals surface area contributed by atoms with E-state index in [0.29, 0.717) is 95.5 Å².